The van der Waals surface area contributed by atoms with Crippen LogP contribution in [-0.2, 0) is 6.54 Å². The summed E-state index contributed by atoms with van der Waals surface area (Å²) in [7, 11) is 0. The van der Waals surface area contributed by atoms with E-state index in [2.05, 4.69) is 63.5 Å². The molecule has 3 rings (SSSR count). The van der Waals surface area contributed by atoms with Crippen LogP contribution in [0.3, 0.4) is 0 Å². The normalized spacial score (nSPS) is 15.8. The van der Waals surface area contributed by atoms with Crippen LogP contribution in [0.25, 0.3) is 6.08 Å². The quantitative estimate of drug-likeness (QED) is 0.554. The van der Waals surface area contributed by atoms with Gasteiger partial charge in [0.15, 0.2) is 11.7 Å². The largest absolute Gasteiger partial charge is 0.454 e. The molecule has 154 valence electrons. The van der Waals surface area contributed by atoms with Gasteiger partial charge in [-0.05, 0) is 24.6 Å². The van der Waals surface area contributed by atoms with Crippen LogP contribution in [0.4, 0.5) is 0 Å². The van der Waals surface area contributed by atoms with Gasteiger partial charge in [-0.25, -0.2) is 4.99 Å². The first-order chi connectivity index (χ1) is 14.2. The van der Waals surface area contributed by atoms with E-state index in [0.717, 1.165) is 45.2 Å². The summed E-state index contributed by atoms with van der Waals surface area (Å²) in [5, 5.41) is 3.34. The first-order valence-corrected chi connectivity index (χ1v) is 10.0. The first-order valence-electron chi connectivity index (χ1n) is 10.0. The number of furan rings is 1. The van der Waals surface area contributed by atoms with Crippen LogP contribution in [0, 0.1) is 0 Å². The number of hydrogen-bond acceptors (Lipinski definition) is 4. The molecule has 2 aromatic rings. The molecule has 1 aliphatic rings. The second-order valence-corrected chi connectivity index (χ2v) is 6.90. The van der Waals surface area contributed by atoms with Gasteiger partial charge in [-0.3, -0.25) is 9.69 Å². The Hall–Kier alpha value is -3.06. The molecule has 7 nitrogen and oxygen atoms in total. The standard InChI is InChI=1S/C22H29N5O2/c1-2-24-22(25-17-19-10-11-20(29-19)21(23)28)27-15-13-26(14-16-27)12-6-9-18-7-4-3-5-8-18/h3-11H,2,12-17H2,1H3,(H2,23,28)(H,24,25)/b9-6+. The van der Waals surface area contributed by atoms with E-state index in [4.69, 9.17) is 10.2 Å². The maximum absolute atomic E-state index is 11.2. The Balaban J connectivity index is 1.50. The van der Waals surface area contributed by atoms with E-state index in [-0.39, 0.29) is 5.76 Å². The van der Waals surface area contributed by atoms with Gasteiger partial charge in [0.25, 0.3) is 5.91 Å². The Bertz CT molecular complexity index is 836. The number of carbonyl (C=O) groups is 1. The summed E-state index contributed by atoms with van der Waals surface area (Å²) >= 11 is 0. The van der Waals surface area contributed by atoms with Gasteiger partial charge in [0.2, 0.25) is 0 Å². The molecule has 1 amide bonds. The smallest absolute Gasteiger partial charge is 0.284 e. The number of guanidine groups is 1. The molecule has 0 unspecified atom stereocenters. The molecule has 1 aromatic heterocycles. The van der Waals surface area contributed by atoms with Crippen LogP contribution in [-0.4, -0.2) is 60.9 Å². The summed E-state index contributed by atoms with van der Waals surface area (Å²) in [6.45, 7) is 7.95. The lowest BCUT2D eigenvalue weighted by Gasteiger charge is -2.36. The lowest BCUT2D eigenvalue weighted by molar-refractivity contribution is 0.0972. The van der Waals surface area contributed by atoms with Crippen molar-refractivity contribution in [2.75, 3.05) is 39.3 Å². The van der Waals surface area contributed by atoms with Crippen molar-refractivity contribution >= 4 is 17.9 Å². The van der Waals surface area contributed by atoms with E-state index in [1.807, 2.05) is 6.07 Å². The highest BCUT2D eigenvalue weighted by molar-refractivity contribution is 5.89. The molecule has 1 aliphatic heterocycles. The molecule has 1 aromatic carbocycles. The summed E-state index contributed by atoms with van der Waals surface area (Å²) in [6.07, 6.45) is 4.39. The first kappa shape index (κ1) is 20.7. The van der Waals surface area contributed by atoms with Gasteiger partial charge in [-0.15, -0.1) is 0 Å². The van der Waals surface area contributed by atoms with Crippen molar-refractivity contribution in [3.8, 4) is 0 Å². The molecular formula is C22H29N5O2. The summed E-state index contributed by atoms with van der Waals surface area (Å²) in [4.78, 5) is 20.5. The Morgan fingerprint density at radius 2 is 1.93 bits per heavy atom. The van der Waals surface area contributed by atoms with Crippen LogP contribution in [0.5, 0.6) is 0 Å². The summed E-state index contributed by atoms with van der Waals surface area (Å²) in [6, 6.07) is 13.7. The van der Waals surface area contributed by atoms with Crippen molar-refractivity contribution in [3.05, 3.63) is 65.6 Å². The molecular weight excluding hydrogens is 366 g/mol. The fourth-order valence-corrected chi connectivity index (χ4v) is 3.22. The molecule has 2 heterocycles. The molecule has 1 fully saturated rings. The highest BCUT2D eigenvalue weighted by Crippen LogP contribution is 2.10. The fourth-order valence-electron chi connectivity index (χ4n) is 3.22. The number of nitrogens with one attached hydrogen (secondary N) is 1. The van der Waals surface area contributed by atoms with E-state index in [0.29, 0.717) is 12.3 Å². The molecule has 3 N–H and O–H groups in total. The van der Waals surface area contributed by atoms with E-state index in [1.54, 1.807) is 12.1 Å². The third kappa shape index (κ3) is 6.22. The molecule has 29 heavy (non-hydrogen) atoms. The van der Waals surface area contributed by atoms with Crippen LogP contribution < -0.4 is 11.1 Å². The number of nitrogens with two attached hydrogens (primary N) is 1. The zero-order chi connectivity index (χ0) is 20.5. The molecule has 1 saturated heterocycles. The number of carbonyl (C=O) groups excluding carboxylic acids is 1. The predicted molar refractivity (Wildman–Crippen MR) is 116 cm³/mol. The molecule has 0 aliphatic carbocycles. The summed E-state index contributed by atoms with van der Waals surface area (Å²) < 4.78 is 5.42. The number of hydrogen-bond donors (Lipinski definition) is 2. The van der Waals surface area contributed by atoms with Gasteiger partial charge < -0.3 is 20.4 Å². The number of rotatable bonds is 7. The molecule has 0 saturated carbocycles. The number of benzene rings is 1. The second-order valence-electron chi connectivity index (χ2n) is 6.90. The highest BCUT2D eigenvalue weighted by atomic mass is 16.3. The van der Waals surface area contributed by atoms with Crippen molar-refractivity contribution in [2.24, 2.45) is 10.7 Å². The molecule has 0 bridgehead atoms. The van der Waals surface area contributed by atoms with Gasteiger partial charge in [-0.1, -0.05) is 42.5 Å². The minimum absolute atomic E-state index is 0.164. The predicted octanol–water partition coefficient (Wildman–Crippen LogP) is 2.17. The zero-order valence-corrected chi connectivity index (χ0v) is 16.9. The van der Waals surface area contributed by atoms with Gasteiger partial charge in [0.05, 0.1) is 0 Å². The third-order valence-electron chi connectivity index (χ3n) is 4.77. The molecule has 0 spiro atoms. The fraction of sp³-hybridized carbons (Fsp3) is 0.364. The van der Waals surface area contributed by atoms with Gasteiger partial charge >= 0.3 is 0 Å². The SMILES string of the molecule is CCNC(=NCc1ccc(C(N)=O)o1)N1CCN(C/C=C/c2ccccc2)CC1. The Morgan fingerprint density at radius 1 is 1.17 bits per heavy atom. The van der Waals surface area contributed by atoms with Gasteiger partial charge in [0, 0.05) is 39.3 Å². The highest BCUT2D eigenvalue weighted by Gasteiger charge is 2.19. The molecule has 0 radical (unpaired) electrons. The maximum atomic E-state index is 11.2. The van der Waals surface area contributed by atoms with Crippen molar-refractivity contribution in [2.45, 2.75) is 13.5 Å². The monoisotopic (exact) mass is 395 g/mol. The van der Waals surface area contributed by atoms with Crippen molar-refractivity contribution < 1.29 is 9.21 Å². The average Bonchev–Trinajstić information content (AvgIpc) is 3.22. The minimum Gasteiger partial charge on any atom is -0.454 e. The Labute approximate surface area is 171 Å². The number of aliphatic imine (C=N–C) groups is 1. The number of piperazine rings is 1. The zero-order valence-electron chi connectivity index (χ0n) is 16.9. The van der Waals surface area contributed by atoms with E-state index in [1.165, 1.54) is 5.56 Å². The summed E-state index contributed by atoms with van der Waals surface area (Å²) in [5.74, 6) is 1.09. The van der Waals surface area contributed by atoms with Crippen LogP contribution >= 0.6 is 0 Å². The van der Waals surface area contributed by atoms with E-state index < -0.39 is 5.91 Å². The lowest BCUT2D eigenvalue weighted by Crippen LogP contribution is -2.52. The minimum atomic E-state index is -0.565. The number of amides is 1. The number of primary amides is 1. The lowest BCUT2D eigenvalue weighted by atomic mass is 10.2. The Morgan fingerprint density at radius 3 is 2.59 bits per heavy atom. The second kappa shape index (κ2) is 10.5. The topological polar surface area (TPSA) is 87.1 Å². The summed E-state index contributed by atoms with van der Waals surface area (Å²) in [5.41, 5.74) is 6.46. The van der Waals surface area contributed by atoms with Gasteiger partial charge in [0.1, 0.15) is 12.3 Å². The van der Waals surface area contributed by atoms with E-state index in [9.17, 15) is 4.79 Å². The van der Waals surface area contributed by atoms with Gasteiger partial charge in [-0.2, -0.15) is 0 Å². The van der Waals surface area contributed by atoms with Crippen LogP contribution in [0.2, 0.25) is 0 Å². The third-order valence-corrected chi connectivity index (χ3v) is 4.77. The van der Waals surface area contributed by atoms with Crippen molar-refractivity contribution in [1.29, 1.82) is 0 Å². The average molecular weight is 396 g/mol. The van der Waals surface area contributed by atoms with Crippen LogP contribution in [0.1, 0.15) is 28.8 Å². The number of nitrogens with zero attached hydrogens (tertiary/aromatic N) is 3. The molecule has 0 atom stereocenters. The van der Waals surface area contributed by atoms with E-state index >= 15 is 0 Å². The molecule has 7 heteroatoms. The van der Waals surface area contributed by atoms with Crippen LogP contribution in [0.15, 0.2) is 58.0 Å². The maximum Gasteiger partial charge on any atom is 0.284 e. The Kier molecular flexibility index (Phi) is 7.47. The van der Waals surface area contributed by atoms with Crippen molar-refractivity contribution in [1.82, 2.24) is 15.1 Å². The van der Waals surface area contributed by atoms with Crippen molar-refractivity contribution in [3.63, 3.8) is 0 Å².